The first-order valence-corrected chi connectivity index (χ1v) is 2.86. The van der Waals surface area contributed by atoms with Gasteiger partial charge in [-0.15, -0.1) is 0 Å². The molecule has 5 nitrogen and oxygen atoms in total. The zero-order valence-corrected chi connectivity index (χ0v) is 5.83. The molecule has 11 heavy (non-hydrogen) atoms. The molecule has 0 spiro atoms. The van der Waals surface area contributed by atoms with Crippen LogP contribution in [0.2, 0.25) is 0 Å². The quantitative estimate of drug-likeness (QED) is 0.481. The number of hydrogen-bond acceptors (Lipinski definition) is 4. The lowest BCUT2D eigenvalue weighted by Crippen LogP contribution is -2.01. The number of aldehydes is 1. The van der Waals surface area contributed by atoms with Crippen molar-refractivity contribution >= 4 is 12.3 Å². The molecule has 58 valence electrons. The molecule has 0 aliphatic rings. The summed E-state index contributed by atoms with van der Waals surface area (Å²) in [5, 5.41) is 0. The number of aromatic amines is 1. The van der Waals surface area contributed by atoms with Crippen molar-refractivity contribution < 1.29 is 14.3 Å². The van der Waals surface area contributed by atoms with Crippen molar-refractivity contribution in [2.75, 3.05) is 7.11 Å². The molecular formula is C6H6N2O3. The van der Waals surface area contributed by atoms with E-state index < -0.39 is 5.97 Å². The molecule has 1 aromatic rings. The lowest BCUT2D eigenvalue weighted by molar-refractivity contribution is 0.0594. The van der Waals surface area contributed by atoms with Crippen molar-refractivity contribution in [3.05, 3.63) is 17.7 Å². The standard InChI is InChI=1S/C6H6N2O3/c1-11-6(10)4-2-7-5(3-9)8-4/h2-3H,1H3,(H,7,8). The monoisotopic (exact) mass is 154 g/mol. The molecule has 0 saturated carbocycles. The first kappa shape index (κ1) is 7.46. The second-order valence-corrected chi connectivity index (χ2v) is 1.79. The van der Waals surface area contributed by atoms with Crippen LogP contribution in [0.4, 0.5) is 0 Å². The zero-order chi connectivity index (χ0) is 8.27. The predicted molar refractivity (Wildman–Crippen MR) is 35.3 cm³/mol. The summed E-state index contributed by atoms with van der Waals surface area (Å²) in [5.74, 6) is -0.420. The minimum atomic E-state index is -0.536. The molecule has 5 heteroatoms. The van der Waals surface area contributed by atoms with E-state index in [1.54, 1.807) is 0 Å². The highest BCUT2D eigenvalue weighted by Crippen LogP contribution is 1.95. The van der Waals surface area contributed by atoms with Crippen LogP contribution in [0, 0.1) is 0 Å². The van der Waals surface area contributed by atoms with Crippen molar-refractivity contribution in [1.82, 2.24) is 9.97 Å². The maximum absolute atomic E-state index is 10.7. The maximum atomic E-state index is 10.7. The van der Waals surface area contributed by atoms with Gasteiger partial charge in [-0.25, -0.2) is 9.78 Å². The number of nitrogens with one attached hydrogen (secondary N) is 1. The molecule has 0 amide bonds. The van der Waals surface area contributed by atoms with Crippen LogP contribution in [-0.2, 0) is 4.74 Å². The predicted octanol–water partition coefficient (Wildman–Crippen LogP) is 0.00880. The van der Waals surface area contributed by atoms with Gasteiger partial charge in [0.2, 0.25) is 0 Å². The number of H-pyrrole nitrogens is 1. The van der Waals surface area contributed by atoms with Crippen molar-refractivity contribution in [1.29, 1.82) is 0 Å². The summed E-state index contributed by atoms with van der Waals surface area (Å²) in [6.07, 6.45) is 1.77. The van der Waals surface area contributed by atoms with E-state index in [4.69, 9.17) is 0 Å². The molecule has 0 aliphatic heterocycles. The van der Waals surface area contributed by atoms with Gasteiger partial charge in [-0.05, 0) is 0 Å². The molecule has 0 fully saturated rings. The Morgan fingerprint density at radius 2 is 2.55 bits per heavy atom. The molecule has 0 saturated heterocycles. The summed E-state index contributed by atoms with van der Waals surface area (Å²) >= 11 is 0. The molecule has 0 aromatic carbocycles. The minimum absolute atomic E-state index is 0.116. The van der Waals surface area contributed by atoms with Gasteiger partial charge in [-0.3, -0.25) is 4.79 Å². The summed E-state index contributed by atoms with van der Waals surface area (Å²) in [6.45, 7) is 0. The second-order valence-electron chi connectivity index (χ2n) is 1.79. The van der Waals surface area contributed by atoms with Crippen LogP contribution in [0.25, 0.3) is 0 Å². The van der Waals surface area contributed by atoms with Crippen molar-refractivity contribution in [2.24, 2.45) is 0 Å². The Morgan fingerprint density at radius 1 is 1.82 bits per heavy atom. The van der Waals surface area contributed by atoms with Crippen LogP contribution >= 0.6 is 0 Å². The van der Waals surface area contributed by atoms with Crippen LogP contribution < -0.4 is 0 Å². The van der Waals surface area contributed by atoms with Gasteiger partial charge in [-0.2, -0.15) is 0 Å². The van der Waals surface area contributed by atoms with Crippen LogP contribution in [-0.4, -0.2) is 29.3 Å². The number of hydrogen-bond donors (Lipinski definition) is 1. The van der Waals surface area contributed by atoms with Gasteiger partial charge >= 0.3 is 5.97 Å². The SMILES string of the molecule is COC(=O)c1cnc(C=O)[nH]1. The number of rotatable bonds is 2. The fourth-order valence-corrected chi connectivity index (χ4v) is 0.610. The molecular weight excluding hydrogens is 148 g/mol. The third-order valence-electron chi connectivity index (χ3n) is 1.11. The van der Waals surface area contributed by atoms with Gasteiger partial charge in [0.15, 0.2) is 12.1 Å². The zero-order valence-electron chi connectivity index (χ0n) is 5.83. The fourth-order valence-electron chi connectivity index (χ4n) is 0.610. The summed E-state index contributed by atoms with van der Waals surface area (Å²) in [6, 6.07) is 0. The van der Waals surface area contributed by atoms with E-state index in [0.29, 0.717) is 6.29 Å². The number of carbonyl (C=O) groups is 2. The van der Waals surface area contributed by atoms with Crippen molar-refractivity contribution in [2.45, 2.75) is 0 Å². The Morgan fingerprint density at radius 3 is 3.00 bits per heavy atom. The summed E-state index contributed by atoms with van der Waals surface area (Å²) in [4.78, 5) is 26.9. The Balaban J connectivity index is 2.88. The molecule has 1 heterocycles. The highest BCUT2D eigenvalue weighted by molar-refractivity contribution is 5.87. The Bertz CT molecular complexity index is 279. The van der Waals surface area contributed by atoms with Crippen molar-refractivity contribution in [3.8, 4) is 0 Å². The van der Waals surface area contributed by atoms with E-state index in [1.165, 1.54) is 13.3 Å². The number of esters is 1. The number of aromatic nitrogens is 2. The second kappa shape index (κ2) is 2.96. The topological polar surface area (TPSA) is 72.0 Å². The van der Waals surface area contributed by atoms with E-state index in [1.807, 2.05) is 0 Å². The molecule has 0 bridgehead atoms. The van der Waals surface area contributed by atoms with Crippen LogP contribution in [0.1, 0.15) is 21.1 Å². The molecule has 0 unspecified atom stereocenters. The summed E-state index contributed by atoms with van der Waals surface area (Å²) in [5.41, 5.74) is 0.176. The first-order valence-electron chi connectivity index (χ1n) is 2.86. The van der Waals surface area contributed by atoms with Crippen molar-refractivity contribution in [3.63, 3.8) is 0 Å². The molecule has 0 aliphatic carbocycles. The normalized spacial score (nSPS) is 9.18. The third kappa shape index (κ3) is 1.43. The highest BCUT2D eigenvalue weighted by atomic mass is 16.5. The molecule has 1 rings (SSSR count). The first-order chi connectivity index (χ1) is 5.27. The molecule has 1 aromatic heterocycles. The van der Waals surface area contributed by atoms with Crippen LogP contribution in [0.15, 0.2) is 6.20 Å². The summed E-state index contributed by atoms with van der Waals surface area (Å²) in [7, 11) is 1.25. The molecule has 0 atom stereocenters. The fraction of sp³-hybridized carbons (Fsp3) is 0.167. The summed E-state index contributed by atoms with van der Waals surface area (Å²) < 4.78 is 4.37. The van der Waals surface area contributed by atoms with Gasteiger partial charge in [0.25, 0.3) is 0 Å². The third-order valence-corrected chi connectivity index (χ3v) is 1.11. The van der Waals surface area contributed by atoms with Gasteiger partial charge in [0, 0.05) is 0 Å². The largest absolute Gasteiger partial charge is 0.464 e. The molecule has 0 radical (unpaired) electrons. The smallest absolute Gasteiger partial charge is 0.356 e. The lowest BCUT2D eigenvalue weighted by atomic mass is 10.5. The van der Waals surface area contributed by atoms with Gasteiger partial charge in [0.1, 0.15) is 5.69 Å². The van der Waals surface area contributed by atoms with Gasteiger partial charge < -0.3 is 9.72 Å². The van der Waals surface area contributed by atoms with Crippen LogP contribution in [0.5, 0.6) is 0 Å². The average molecular weight is 154 g/mol. The number of nitrogens with zero attached hydrogens (tertiary/aromatic N) is 1. The number of ether oxygens (including phenoxy) is 1. The maximum Gasteiger partial charge on any atom is 0.356 e. The Hall–Kier alpha value is -1.65. The van der Waals surface area contributed by atoms with Crippen LogP contribution in [0.3, 0.4) is 0 Å². The Labute approximate surface area is 62.4 Å². The van der Waals surface area contributed by atoms with E-state index in [-0.39, 0.29) is 11.5 Å². The van der Waals surface area contributed by atoms with Gasteiger partial charge in [-0.1, -0.05) is 0 Å². The molecule has 1 N–H and O–H groups in total. The minimum Gasteiger partial charge on any atom is -0.464 e. The number of methoxy groups -OCH3 is 1. The van der Waals surface area contributed by atoms with Gasteiger partial charge in [0.05, 0.1) is 13.3 Å². The van der Waals surface area contributed by atoms with E-state index in [0.717, 1.165) is 0 Å². The average Bonchev–Trinajstić information content (AvgIpc) is 2.50. The highest BCUT2D eigenvalue weighted by Gasteiger charge is 2.07. The lowest BCUT2D eigenvalue weighted by Gasteiger charge is -1.90. The number of carbonyl (C=O) groups excluding carboxylic acids is 2. The Kier molecular flexibility index (Phi) is 2.00. The van der Waals surface area contributed by atoms with E-state index in [2.05, 4.69) is 14.7 Å². The van der Waals surface area contributed by atoms with E-state index >= 15 is 0 Å². The van der Waals surface area contributed by atoms with E-state index in [9.17, 15) is 9.59 Å². The number of imidazole rings is 1.